The maximum Gasteiger partial charge on any atom is 0.00700 e. The minimum Gasteiger partial charge on any atom is -0.314 e. The number of hydrogen-bond acceptors (Lipinski definition) is 1. The van der Waals surface area contributed by atoms with Crippen molar-refractivity contribution in [1.29, 1.82) is 0 Å². The Morgan fingerprint density at radius 3 is 2.44 bits per heavy atom. The van der Waals surface area contributed by atoms with E-state index < -0.39 is 0 Å². The smallest absolute Gasteiger partial charge is 0.00700 e. The number of nitrogens with one attached hydrogen (secondary N) is 1. The zero-order valence-corrected chi connectivity index (χ0v) is 12.2. The highest BCUT2D eigenvalue weighted by atomic mass is 14.9. The molecule has 5 atom stereocenters. The van der Waals surface area contributed by atoms with Gasteiger partial charge in [-0.15, -0.1) is 0 Å². The van der Waals surface area contributed by atoms with Crippen LogP contribution in [0.5, 0.6) is 0 Å². The Bertz CT molecular complexity index is 262. The first kappa shape index (κ1) is 13.0. The van der Waals surface area contributed by atoms with Gasteiger partial charge < -0.3 is 5.32 Å². The van der Waals surface area contributed by atoms with Crippen LogP contribution in [0, 0.1) is 23.7 Å². The largest absolute Gasteiger partial charge is 0.314 e. The van der Waals surface area contributed by atoms with Gasteiger partial charge in [0, 0.05) is 6.04 Å². The lowest BCUT2D eigenvalue weighted by Crippen LogP contribution is -2.41. The van der Waals surface area contributed by atoms with Gasteiger partial charge in [0.15, 0.2) is 0 Å². The van der Waals surface area contributed by atoms with Crippen LogP contribution < -0.4 is 5.32 Å². The molecule has 18 heavy (non-hydrogen) atoms. The van der Waals surface area contributed by atoms with Crippen molar-refractivity contribution in [2.75, 3.05) is 6.54 Å². The summed E-state index contributed by atoms with van der Waals surface area (Å²) in [4.78, 5) is 0. The summed E-state index contributed by atoms with van der Waals surface area (Å²) in [6, 6.07) is 0.858. The van der Waals surface area contributed by atoms with Crippen molar-refractivity contribution < 1.29 is 0 Å². The molecule has 0 heterocycles. The number of rotatable bonds is 3. The van der Waals surface area contributed by atoms with Gasteiger partial charge in [-0.1, -0.05) is 45.4 Å². The fraction of sp³-hybridized carbons (Fsp3) is 1.00. The van der Waals surface area contributed by atoms with Crippen molar-refractivity contribution >= 4 is 0 Å². The molecule has 0 saturated heterocycles. The maximum absolute atomic E-state index is 3.93. The van der Waals surface area contributed by atoms with E-state index in [9.17, 15) is 0 Å². The quantitative estimate of drug-likeness (QED) is 0.783. The third kappa shape index (κ3) is 2.92. The molecule has 1 nitrogen and oxygen atoms in total. The predicted octanol–water partition coefficient (Wildman–Crippen LogP) is 4.37. The first-order valence-electron chi connectivity index (χ1n) is 8.56. The lowest BCUT2D eigenvalue weighted by Gasteiger charge is -2.40. The van der Waals surface area contributed by atoms with Crippen molar-refractivity contribution in [2.24, 2.45) is 23.7 Å². The van der Waals surface area contributed by atoms with Crippen LogP contribution in [0.25, 0.3) is 0 Å². The minimum atomic E-state index is 0.858. The minimum absolute atomic E-state index is 0.858. The Morgan fingerprint density at radius 1 is 0.833 bits per heavy atom. The normalized spacial score (nSPS) is 44.8. The average Bonchev–Trinajstić information content (AvgIpc) is 2.82. The third-order valence-corrected chi connectivity index (χ3v) is 6.25. The van der Waals surface area contributed by atoms with Crippen molar-refractivity contribution in [1.82, 2.24) is 5.32 Å². The fourth-order valence-corrected chi connectivity index (χ4v) is 4.90. The van der Waals surface area contributed by atoms with Crippen LogP contribution in [0.4, 0.5) is 0 Å². The molecule has 3 aliphatic carbocycles. The molecule has 0 radical (unpaired) electrons. The Hall–Kier alpha value is -0.0400. The summed E-state index contributed by atoms with van der Waals surface area (Å²) in [5.74, 6) is 4.13. The van der Waals surface area contributed by atoms with Gasteiger partial charge in [-0.05, 0) is 55.9 Å². The molecule has 3 saturated carbocycles. The summed E-state index contributed by atoms with van der Waals surface area (Å²) in [6.07, 6.45) is 15.0. The van der Waals surface area contributed by atoms with Gasteiger partial charge in [-0.25, -0.2) is 0 Å². The van der Waals surface area contributed by atoms with E-state index in [-0.39, 0.29) is 0 Å². The molecule has 1 heteroatoms. The van der Waals surface area contributed by atoms with E-state index in [1.165, 1.54) is 70.8 Å². The molecule has 0 aromatic heterocycles. The summed E-state index contributed by atoms with van der Waals surface area (Å²) in [7, 11) is 0. The first-order valence-corrected chi connectivity index (χ1v) is 8.56. The van der Waals surface area contributed by atoms with E-state index >= 15 is 0 Å². The first-order chi connectivity index (χ1) is 8.83. The Labute approximate surface area is 113 Å². The van der Waals surface area contributed by atoms with E-state index in [1.54, 1.807) is 0 Å². The molecule has 0 bridgehead atoms. The predicted molar refractivity (Wildman–Crippen MR) is 77.6 cm³/mol. The van der Waals surface area contributed by atoms with Gasteiger partial charge in [-0.3, -0.25) is 0 Å². The molecule has 5 unspecified atom stereocenters. The molecular weight excluding hydrogens is 218 g/mol. The second-order valence-corrected chi connectivity index (χ2v) is 7.39. The van der Waals surface area contributed by atoms with Crippen molar-refractivity contribution in [3.05, 3.63) is 0 Å². The second-order valence-electron chi connectivity index (χ2n) is 7.39. The number of hydrogen-bond donors (Lipinski definition) is 1. The SMILES string of the molecule is CC1CCCC1CNC1CCC2CCCCC2C1. The van der Waals surface area contributed by atoms with E-state index in [0.717, 1.165) is 29.7 Å². The van der Waals surface area contributed by atoms with Crippen LogP contribution in [-0.2, 0) is 0 Å². The Morgan fingerprint density at radius 2 is 1.67 bits per heavy atom. The van der Waals surface area contributed by atoms with E-state index in [4.69, 9.17) is 0 Å². The summed E-state index contributed by atoms with van der Waals surface area (Å²) in [6.45, 7) is 3.76. The van der Waals surface area contributed by atoms with Gasteiger partial charge in [0.05, 0.1) is 0 Å². The van der Waals surface area contributed by atoms with Crippen LogP contribution in [0.15, 0.2) is 0 Å². The van der Waals surface area contributed by atoms with Gasteiger partial charge >= 0.3 is 0 Å². The topological polar surface area (TPSA) is 12.0 Å². The molecule has 3 fully saturated rings. The zero-order valence-electron chi connectivity index (χ0n) is 12.2. The summed E-state index contributed by atoms with van der Waals surface area (Å²) < 4.78 is 0. The lowest BCUT2D eigenvalue weighted by molar-refractivity contribution is 0.140. The molecular formula is C17H31N. The van der Waals surface area contributed by atoms with Crippen molar-refractivity contribution in [2.45, 2.75) is 77.2 Å². The van der Waals surface area contributed by atoms with E-state index in [1.807, 2.05) is 0 Å². The molecule has 104 valence electrons. The highest BCUT2D eigenvalue weighted by Crippen LogP contribution is 2.40. The standard InChI is InChI=1S/C17H31N/c1-13-5-4-8-16(13)12-18-17-10-9-14-6-2-3-7-15(14)11-17/h13-18H,2-12H2,1H3. The van der Waals surface area contributed by atoms with E-state index in [0.29, 0.717) is 0 Å². The summed E-state index contributed by atoms with van der Waals surface area (Å²) >= 11 is 0. The highest BCUT2D eigenvalue weighted by Gasteiger charge is 2.32. The average molecular weight is 249 g/mol. The van der Waals surface area contributed by atoms with Gasteiger partial charge in [0.2, 0.25) is 0 Å². The summed E-state index contributed by atoms with van der Waals surface area (Å²) in [5.41, 5.74) is 0. The third-order valence-electron chi connectivity index (χ3n) is 6.25. The molecule has 0 amide bonds. The lowest BCUT2D eigenvalue weighted by atomic mass is 9.69. The Kier molecular flexibility index (Phi) is 4.28. The zero-order chi connectivity index (χ0) is 12.4. The van der Waals surface area contributed by atoms with Gasteiger partial charge in [-0.2, -0.15) is 0 Å². The second kappa shape index (κ2) is 5.94. The molecule has 0 aromatic rings. The van der Waals surface area contributed by atoms with Crippen molar-refractivity contribution in [3.8, 4) is 0 Å². The maximum atomic E-state index is 3.93. The van der Waals surface area contributed by atoms with Crippen LogP contribution in [0.2, 0.25) is 0 Å². The van der Waals surface area contributed by atoms with Crippen molar-refractivity contribution in [3.63, 3.8) is 0 Å². The molecule has 3 aliphatic rings. The molecule has 0 aromatic carbocycles. The molecule has 0 spiro atoms. The monoisotopic (exact) mass is 249 g/mol. The van der Waals surface area contributed by atoms with Crippen LogP contribution >= 0.6 is 0 Å². The highest BCUT2D eigenvalue weighted by molar-refractivity contribution is 4.87. The summed E-state index contributed by atoms with van der Waals surface area (Å²) in [5, 5.41) is 3.93. The molecule has 3 rings (SSSR count). The van der Waals surface area contributed by atoms with Crippen LogP contribution in [0.3, 0.4) is 0 Å². The van der Waals surface area contributed by atoms with Gasteiger partial charge in [0.25, 0.3) is 0 Å². The Balaban J connectivity index is 1.43. The van der Waals surface area contributed by atoms with Crippen LogP contribution in [-0.4, -0.2) is 12.6 Å². The van der Waals surface area contributed by atoms with Crippen LogP contribution in [0.1, 0.15) is 71.1 Å². The van der Waals surface area contributed by atoms with Gasteiger partial charge in [0.1, 0.15) is 0 Å². The molecule has 0 aliphatic heterocycles. The molecule has 1 N–H and O–H groups in total. The van der Waals surface area contributed by atoms with E-state index in [2.05, 4.69) is 12.2 Å². The number of fused-ring (bicyclic) bond motifs is 1. The fourth-order valence-electron chi connectivity index (χ4n) is 4.90.